The van der Waals surface area contributed by atoms with E-state index in [2.05, 4.69) is 11.6 Å². The molecule has 0 unspecified atom stereocenters. The molecule has 1 aliphatic carbocycles. The summed E-state index contributed by atoms with van der Waals surface area (Å²) in [5, 5.41) is 17.7. The van der Waals surface area contributed by atoms with Crippen LogP contribution in [0.15, 0.2) is 52.4 Å². The van der Waals surface area contributed by atoms with Gasteiger partial charge in [0.1, 0.15) is 0 Å². The highest BCUT2D eigenvalue weighted by atomic mass is 32.1. The lowest BCUT2D eigenvalue weighted by Crippen LogP contribution is -2.16. The molecule has 1 saturated carbocycles. The van der Waals surface area contributed by atoms with Gasteiger partial charge in [0.2, 0.25) is 4.80 Å². The molecule has 1 fully saturated rings. The van der Waals surface area contributed by atoms with Gasteiger partial charge in [-0.05, 0) is 37.8 Å². The second-order valence-electron chi connectivity index (χ2n) is 5.88. The van der Waals surface area contributed by atoms with E-state index >= 15 is 0 Å². The molecule has 0 saturated heterocycles. The van der Waals surface area contributed by atoms with Crippen molar-refractivity contribution >= 4 is 22.7 Å². The summed E-state index contributed by atoms with van der Waals surface area (Å²) in [5.41, 5.74) is 3.07. The number of thiazole rings is 1. The summed E-state index contributed by atoms with van der Waals surface area (Å²) in [6, 6.07) is 6.56. The van der Waals surface area contributed by atoms with Crippen LogP contribution >= 0.6 is 11.3 Å². The lowest BCUT2D eigenvalue weighted by Gasteiger charge is -2.13. The van der Waals surface area contributed by atoms with Crippen molar-refractivity contribution in [1.29, 1.82) is 0 Å². The van der Waals surface area contributed by atoms with Crippen LogP contribution in [0.2, 0.25) is 0 Å². The molecule has 3 rings (SSSR count). The van der Waals surface area contributed by atoms with Crippen LogP contribution in [0.5, 0.6) is 0 Å². The molecule has 0 aliphatic heterocycles. The van der Waals surface area contributed by atoms with Gasteiger partial charge in [-0.25, -0.2) is 4.68 Å². The predicted octanol–water partition coefficient (Wildman–Crippen LogP) is 4.38. The molecule has 0 amide bonds. The van der Waals surface area contributed by atoms with Crippen molar-refractivity contribution in [3.63, 3.8) is 0 Å². The fourth-order valence-corrected chi connectivity index (χ4v) is 3.64. The fourth-order valence-electron chi connectivity index (χ4n) is 2.80. The molecule has 0 atom stereocenters. The molecule has 1 aliphatic rings. The Labute approximate surface area is 150 Å². The molecule has 0 radical (unpaired) electrons. The van der Waals surface area contributed by atoms with E-state index in [1.165, 1.54) is 48.4 Å². The summed E-state index contributed by atoms with van der Waals surface area (Å²) < 4.78 is 1.87. The number of nitro benzene ring substituents is 1. The summed E-state index contributed by atoms with van der Waals surface area (Å²) in [5.74, 6) is 0. The smallest absolute Gasteiger partial charge is 0.258 e. The Morgan fingerprint density at radius 2 is 1.96 bits per heavy atom. The molecular formula is C18H20N4O2S. The number of nitrogens with zero attached hydrogens (tertiary/aromatic N) is 4. The Hall–Kier alpha value is -2.54. The van der Waals surface area contributed by atoms with E-state index in [0.717, 1.165) is 28.9 Å². The third-order valence-electron chi connectivity index (χ3n) is 4.09. The molecular weight excluding hydrogens is 336 g/mol. The first-order valence-corrected chi connectivity index (χ1v) is 9.20. The molecule has 25 heavy (non-hydrogen) atoms. The highest BCUT2D eigenvalue weighted by Crippen LogP contribution is 2.24. The highest BCUT2D eigenvalue weighted by molar-refractivity contribution is 7.07. The van der Waals surface area contributed by atoms with Gasteiger partial charge in [0.15, 0.2) is 0 Å². The van der Waals surface area contributed by atoms with Crippen LogP contribution in [0.4, 0.5) is 5.69 Å². The van der Waals surface area contributed by atoms with Crippen LogP contribution in [-0.2, 0) is 0 Å². The van der Waals surface area contributed by atoms with Crippen molar-refractivity contribution in [3.8, 4) is 11.3 Å². The molecule has 130 valence electrons. The van der Waals surface area contributed by atoms with E-state index in [-0.39, 0.29) is 5.69 Å². The monoisotopic (exact) mass is 356 g/mol. The van der Waals surface area contributed by atoms with Crippen molar-refractivity contribution in [2.45, 2.75) is 32.1 Å². The molecule has 2 aromatic rings. The minimum absolute atomic E-state index is 0.0840. The summed E-state index contributed by atoms with van der Waals surface area (Å²) in [6.45, 7) is 4.25. The van der Waals surface area contributed by atoms with Crippen molar-refractivity contribution < 1.29 is 4.92 Å². The van der Waals surface area contributed by atoms with E-state index in [1.807, 2.05) is 10.1 Å². The maximum Gasteiger partial charge on any atom is 0.269 e. The molecule has 0 N–H and O–H groups in total. The average Bonchev–Trinajstić information content (AvgIpc) is 3.03. The average molecular weight is 356 g/mol. The summed E-state index contributed by atoms with van der Waals surface area (Å²) in [6.07, 6.45) is 7.40. The normalized spacial score (nSPS) is 15.2. The third kappa shape index (κ3) is 4.11. The summed E-state index contributed by atoms with van der Waals surface area (Å²) >= 11 is 1.52. The van der Waals surface area contributed by atoms with Crippen LogP contribution in [0.1, 0.15) is 32.1 Å². The lowest BCUT2D eigenvalue weighted by molar-refractivity contribution is -0.384. The minimum Gasteiger partial charge on any atom is -0.258 e. The molecule has 7 heteroatoms. The van der Waals surface area contributed by atoms with E-state index in [0.29, 0.717) is 6.54 Å². The number of hydrogen-bond donors (Lipinski definition) is 0. The zero-order valence-corrected chi connectivity index (χ0v) is 14.7. The molecule has 6 nitrogen and oxygen atoms in total. The topological polar surface area (TPSA) is 72.8 Å². The molecule has 0 spiro atoms. The van der Waals surface area contributed by atoms with Crippen molar-refractivity contribution in [2.24, 2.45) is 10.1 Å². The number of aromatic nitrogens is 1. The van der Waals surface area contributed by atoms with Gasteiger partial charge in [0.05, 0.1) is 17.2 Å². The van der Waals surface area contributed by atoms with E-state index < -0.39 is 4.92 Å². The maximum atomic E-state index is 10.9. The first kappa shape index (κ1) is 17.3. The van der Waals surface area contributed by atoms with Crippen molar-refractivity contribution in [2.75, 3.05) is 6.54 Å². The van der Waals surface area contributed by atoms with Crippen molar-refractivity contribution in [1.82, 2.24) is 4.68 Å². The zero-order valence-electron chi connectivity index (χ0n) is 13.9. The number of rotatable bonds is 5. The van der Waals surface area contributed by atoms with Crippen LogP contribution in [0.25, 0.3) is 11.3 Å². The molecule has 1 aromatic heterocycles. The maximum absolute atomic E-state index is 10.9. The van der Waals surface area contributed by atoms with E-state index in [9.17, 15) is 10.1 Å². The van der Waals surface area contributed by atoms with Crippen LogP contribution < -0.4 is 4.80 Å². The van der Waals surface area contributed by atoms with Gasteiger partial charge in [0, 0.05) is 28.8 Å². The number of hydrogen-bond acceptors (Lipinski definition) is 5. The van der Waals surface area contributed by atoms with Gasteiger partial charge in [-0.15, -0.1) is 17.9 Å². The quantitative estimate of drug-likeness (QED) is 0.453. The van der Waals surface area contributed by atoms with Gasteiger partial charge in [-0.1, -0.05) is 12.5 Å². The number of benzene rings is 1. The second kappa shape index (κ2) is 8.02. The largest absolute Gasteiger partial charge is 0.269 e. The molecule has 1 aromatic carbocycles. The SMILES string of the molecule is C=CCN=c1scc(-c2ccc([N+](=O)[O-])cc2)n1N=C1CCCCC1. The predicted molar refractivity (Wildman–Crippen MR) is 101 cm³/mol. The first-order valence-electron chi connectivity index (χ1n) is 8.32. The Balaban J connectivity index is 2.05. The Bertz CT molecular complexity index is 854. The van der Waals surface area contributed by atoms with E-state index in [1.54, 1.807) is 18.2 Å². The third-order valence-corrected chi connectivity index (χ3v) is 4.94. The Morgan fingerprint density at radius 3 is 2.60 bits per heavy atom. The standard InChI is InChI=1S/C18H20N4O2S/c1-2-12-19-18-21(20-15-6-4-3-5-7-15)17(13-25-18)14-8-10-16(11-9-14)22(23)24/h2,8-11,13H,1,3-7,12H2. The second-order valence-corrected chi connectivity index (χ2v) is 6.71. The summed E-state index contributed by atoms with van der Waals surface area (Å²) in [4.78, 5) is 15.8. The van der Waals surface area contributed by atoms with Gasteiger partial charge in [-0.2, -0.15) is 5.10 Å². The number of non-ortho nitro benzene ring substituents is 1. The Kier molecular flexibility index (Phi) is 5.55. The number of nitro groups is 1. The van der Waals surface area contributed by atoms with Crippen LogP contribution in [0.3, 0.4) is 0 Å². The molecule has 0 bridgehead atoms. The van der Waals surface area contributed by atoms with Crippen molar-refractivity contribution in [3.05, 3.63) is 57.2 Å². The minimum atomic E-state index is -0.390. The van der Waals surface area contributed by atoms with Crippen LogP contribution in [0, 0.1) is 10.1 Å². The lowest BCUT2D eigenvalue weighted by atomic mass is 9.99. The highest BCUT2D eigenvalue weighted by Gasteiger charge is 2.13. The van der Waals surface area contributed by atoms with Gasteiger partial charge < -0.3 is 0 Å². The van der Waals surface area contributed by atoms with Crippen LogP contribution in [-0.4, -0.2) is 21.9 Å². The Morgan fingerprint density at radius 1 is 1.24 bits per heavy atom. The fraction of sp³-hybridized carbons (Fsp3) is 0.333. The van der Waals surface area contributed by atoms with E-state index in [4.69, 9.17) is 5.10 Å². The van der Waals surface area contributed by atoms with Gasteiger partial charge >= 0.3 is 0 Å². The first-order chi connectivity index (χ1) is 12.2. The summed E-state index contributed by atoms with van der Waals surface area (Å²) in [7, 11) is 0. The van der Waals surface area contributed by atoms with Gasteiger partial charge in [0.25, 0.3) is 5.69 Å². The molecule has 1 heterocycles. The van der Waals surface area contributed by atoms with Gasteiger partial charge in [-0.3, -0.25) is 15.1 Å². The zero-order chi connectivity index (χ0) is 17.6.